The first-order valence-corrected chi connectivity index (χ1v) is 6.16. The summed E-state index contributed by atoms with van der Waals surface area (Å²) in [5.74, 6) is 0.890. The van der Waals surface area contributed by atoms with E-state index in [1.807, 2.05) is 27.0 Å². The van der Waals surface area contributed by atoms with Gasteiger partial charge in [-0.2, -0.15) is 0 Å². The van der Waals surface area contributed by atoms with Crippen LogP contribution >= 0.6 is 0 Å². The molecule has 0 spiro atoms. The molecule has 0 bridgehead atoms. The number of benzene rings is 1. The number of nitrogens with one attached hydrogen (secondary N) is 1. The van der Waals surface area contributed by atoms with Gasteiger partial charge in [0.05, 0.1) is 13.7 Å². The topological polar surface area (TPSA) is 67.5 Å². The van der Waals surface area contributed by atoms with Crippen LogP contribution in [0, 0.1) is 20.8 Å². The Kier molecular flexibility index (Phi) is 5.14. The Bertz CT molecular complexity index is 419. The first kappa shape index (κ1) is 15.0. The van der Waals surface area contributed by atoms with Crippen LogP contribution in [-0.4, -0.2) is 31.9 Å². The number of hydrogen-bond acceptors (Lipinski definition) is 4. The molecule has 18 heavy (non-hydrogen) atoms. The zero-order valence-corrected chi connectivity index (χ0v) is 11.9. The van der Waals surface area contributed by atoms with Gasteiger partial charge < -0.3 is 20.9 Å². The highest BCUT2D eigenvalue weighted by molar-refractivity contribution is 5.49. The van der Waals surface area contributed by atoms with E-state index >= 15 is 0 Å². The number of nitrogens with two attached hydrogens (primary N) is 1. The summed E-state index contributed by atoms with van der Waals surface area (Å²) in [5, 5.41) is 12.4. The van der Waals surface area contributed by atoms with Gasteiger partial charge in [0.2, 0.25) is 0 Å². The first-order chi connectivity index (χ1) is 8.47. The average Bonchev–Trinajstić information content (AvgIpc) is 2.37. The van der Waals surface area contributed by atoms with Gasteiger partial charge in [0.25, 0.3) is 0 Å². The van der Waals surface area contributed by atoms with Crippen molar-refractivity contribution in [1.29, 1.82) is 0 Å². The highest BCUT2D eigenvalue weighted by atomic mass is 16.5. The predicted molar refractivity (Wildman–Crippen MR) is 74.1 cm³/mol. The van der Waals surface area contributed by atoms with E-state index in [2.05, 4.69) is 12.2 Å². The maximum absolute atomic E-state index is 9.26. The van der Waals surface area contributed by atoms with E-state index in [1.165, 1.54) is 0 Å². The van der Waals surface area contributed by atoms with Crippen molar-refractivity contribution < 1.29 is 9.84 Å². The molecule has 4 nitrogen and oxygen atoms in total. The average molecular weight is 252 g/mol. The Labute approximate surface area is 109 Å². The number of methoxy groups -OCH3 is 1. The molecule has 0 saturated heterocycles. The van der Waals surface area contributed by atoms with Crippen molar-refractivity contribution in [2.45, 2.75) is 32.9 Å². The Morgan fingerprint density at radius 2 is 1.94 bits per heavy atom. The van der Waals surface area contributed by atoms with Gasteiger partial charge in [0.15, 0.2) is 0 Å². The molecule has 1 rings (SSSR count). The molecule has 0 aliphatic heterocycles. The third-order valence-corrected chi connectivity index (χ3v) is 3.59. The maximum atomic E-state index is 9.26. The number of likely N-dealkylation sites (N-methyl/N-ethyl adjacent to an activating group) is 1. The van der Waals surface area contributed by atoms with Crippen molar-refractivity contribution >= 4 is 0 Å². The molecule has 0 heterocycles. The van der Waals surface area contributed by atoms with Gasteiger partial charge in [-0.05, 0) is 56.1 Å². The molecule has 2 unspecified atom stereocenters. The third kappa shape index (κ3) is 2.66. The summed E-state index contributed by atoms with van der Waals surface area (Å²) >= 11 is 0. The van der Waals surface area contributed by atoms with Crippen molar-refractivity contribution in [3.63, 3.8) is 0 Å². The van der Waals surface area contributed by atoms with Gasteiger partial charge in [0.1, 0.15) is 5.75 Å². The summed E-state index contributed by atoms with van der Waals surface area (Å²) in [6, 6.07) is 1.64. The number of aliphatic hydroxyl groups is 1. The van der Waals surface area contributed by atoms with E-state index in [-0.39, 0.29) is 18.7 Å². The molecule has 0 saturated carbocycles. The molecular formula is C14H24N2O2. The monoisotopic (exact) mass is 252 g/mol. The summed E-state index contributed by atoms with van der Waals surface area (Å²) in [5.41, 5.74) is 10.5. The van der Waals surface area contributed by atoms with Crippen molar-refractivity contribution in [3.8, 4) is 5.75 Å². The second kappa shape index (κ2) is 6.18. The Morgan fingerprint density at radius 3 is 2.39 bits per heavy atom. The molecule has 1 aromatic carbocycles. The van der Waals surface area contributed by atoms with Gasteiger partial charge in [0, 0.05) is 12.1 Å². The zero-order chi connectivity index (χ0) is 13.9. The molecule has 0 aromatic heterocycles. The van der Waals surface area contributed by atoms with Crippen LogP contribution in [0.1, 0.15) is 28.3 Å². The van der Waals surface area contributed by atoms with Crippen molar-refractivity contribution in [2.24, 2.45) is 5.73 Å². The first-order valence-electron chi connectivity index (χ1n) is 6.16. The van der Waals surface area contributed by atoms with E-state index < -0.39 is 0 Å². The van der Waals surface area contributed by atoms with E-state index in [1.54, 1.807) is 7.11 Å². The highest BCUT2D eigenvalue weighted by Gasteiger charge is 2.23. The largest absolute Gasteiger partial charge is 0.496 e. The molecular weight excluding hydrogens is 228 g/mol. The van der Waals surface area contributed by atoms with Crippen LogP contribution in [0.25, 0.3) is 0 Å². The fourth-order valence-corrected chi connectivity index (χ4v) is 2.43. The van der Waals surface area contributed by atoms with Crippen LogP contribution in [-0.2, 0) is 0 Å². The van der Waals surface area contributed by atoms with Crippen LogP contribution < -0.4 is 15.8 Å². The van der Waals surface area contributed by atoms with Crippen LogP contribution in [0.5, 0.6) is 5.75 Å². The molecule has 4 heteroatoms. The lowest BCUT2D eigenvalue weighted by Gasteiger charge is -2.27. The summed E-state index contributed by atoms with van der Waals surface area (Å²) < 4.78 is 5.36. The lowest BCUT2D eigenvalue weighted by molar-refractivity contribution is 0.240. The number of hydrogen-bond donors (Lipinski definition) is 3. The van der Waals surface area contributed by atoms with Crippen LogP contribution in [0.2, 0.25) is 0 Å². The molecule has 0 amide bonds. The van der Waals surface area contributed by atoms with E-state index in [0.717, 1.165) is 28.0 Å². The third-order valence-electron chi connectivity index (χ3n) is 3.59. The summed E-state index contributed by atoms with van der Waals surface area (Å²) in [7, 11) is 3.54. The second-order valence-electron chi connectivity index (χ2n) is 4.67. The molecule has 2 atom stereocenters. The Morgan fingerprint density at radius 1 is 1.33 bits per heavy atom. The van der Waals surface area contributed by atoms with Crippen LogP contribution in [0.4, 0.5) is 0 Å². The number of ether oxygens (including phenoxy) is 1. The number of aliphatic hydroxyl groups excluding tert-OH is 1. The molecule has 0 aliphatic carbocycles. The number of aryl methyl sites for hydroxylation is 1. The fraction of sp³-hybridized carbons (Fsp3) is 0.571. The van der Waals surface area contributed by atoms with Gasteiger partial charge in [-0.3, -0.25) is 0 Å². The Balaban J connectivity index is 3.35. The lowest BCUT2D eigenvalue weighted by Crippen LogP contribution is -2.39. The van der Waals surface area contributed by atoms with Crippen molar-refractivity contribution in [3.05, 3.63) is 28.3 Å². The van der Waals surface area contributed by atoms with Gasteiger partial charge in [-0.25, -0.2) is 0 Å². The standard InChI is InChI=1S/C14H24N2O2/c1-8-6-12(18-5)9(2)10(3)13(8)14(16-4)11(15)7-17/h6,11,14,16-17H,7,15H2,1-5H3. The maximum Gasteiger partial charge on any atom is 0.122 e. The minimum absolute atomic E-state index is 0.0462. The second-order valence-corrected chi connectivity index (χ2v) is 4.67. The van der Waals surface area contributed by atoms with Crippen LogP contribution in [0.15, 0.2) is 6.07 Å². The summed E-state index contributed by atoms with van der Waals surface area (Å²) in [6.45, 7) is 6.09. The lowest BCUT2D eigenvalue weighted by atomic mass is 9.89. The van der Waals surface area contributed by atoms with Crippen LogP contribution in [0.3, 0.4) is 0 Å². The predicted octanol–water partition coefficient (Wildman–Crippen LogP) is 1.20. The molecule has 0 radical (unpaired) electrons. The van der Waals surface area contributed by atoms with Gasteiger partial charge in [-0.15, -0.1) is 0 Å². The minimum atomic E-state index is -0.319. The molecule has 102 valence electrons. The van der Waals surface area contributed by atoms with Crippen molar-refractivity contribution in [2.75, 3.05) is 20.8 Å². The molecule has 0 aliphatic rings. The quantitative estimate of drug-likeness (QED) is 0.736. The Hall–Kier alpha value is -1.10. The fourth-order valence-electron chi connectivity index (χ4n) is 2.43. The molecule has 0 fully saturated rings. The van der Waals surface area contributed by atoms with Crippen molar-refractivity contribution in [1.82, 2.24) is 5.32 Å². The number of rotatable bonds is 5. The smallest absolute Gasteiger partial charge is 0.122 e. The molecule has 4 N–H and O–H groups in total. The summed E-state index contributed by atoms with van der Waals surface area (Å²) in [4.78, 5) is 0. The normalized spacial score (nSPS) is 14.4. The highest BCUT2D eigenvalue weighted by Crippen LogP contribution is 2.32. The summed E-state index contributed by atoms with van der Waals surface area (Å²) in [6.07, 6.45) is 0. The molecule has 1 aromatic rings. The van der Waals surface area contributed by atoms with Gasteiger partial charge >= 0.3 is 0 Å². The van der Waals surface area contributed by atoms with E-state index in [4.69, 9.17) is 10.5 Å². The van der Waals surface area contributed by atoms with E-state index in [9.17, 15) is 5.11 Å². The SMILES string of the molecule is CNC(c1c(C)cc(OC)c(C)c1C)C(N)CO. The van der Waals surface area contributed by atoms with E-state index in [0.29, 0.717) is 0 Å². The van der Waals surface area contributed by atoms with Gasteiger partial charge in [-0.1, -0.05) is 0 Å². The minimum Gasteiger partial charge on any atom is -0.496 e. The zero-order valence-electron chi connectivity index (χ0n) is 11.9.